The highest BCUT2D eigenvalue weighted by Crippen LogP contribution is 2.29. The quantitative estimate of drug-likeness (QED) is 0.823. The molecule has 1 aromatic heterocycles. The molecule has 0 radical (unpaired) electrons. The van der Waals surface area contributed by atoms with Gasteiger partial charge in [0.2, 0.25) is 0 Å². The molecule has 0 atom stereocenters. The SMILES string of the molecule is CC(C)(C)c1ccc(-c2ncccc2O)cc1.[Cl-]. The van der Waals surface area contributed by atoms with Gasteiger partial charge in [-0.1, -0.05) is 45.0 Å². The monoisotopic (exact) mass is 262 g/mol. The first-order valence-electron chi connectivity index (χ1n) is 5.73. The zero-order valence-corrected chi connectivity index (χ0v) is 11.6. The van der Waals surface area contributed by atoms with Crippen molar-refractivity contribution in [2.75, 3.05) is 0 Å². The van der Waals surface area contributed by atoms with Crippen molar-refractivity contribution in [1.29, 1.82) is 0 Å². The molecule has 0 aliphatic rings. The molecule has 1 aromatic carbocycles. The van der Waals surface area contributed by atoms with Crippen molar-refractivity contribution in [2.24, 2.45) is 0 Å². The fraction of sp³-hybridized carbons (Fsp3) is 0.267. The molecule has 2 nitrogen and oxygen atoms in total. The Balaban J connectivity index is 0.00000162. The summed E-state index contributed by atoms with van der Waals surface area (Å²) in [7, 11) is 0. The zero-order chi connectivity index (χ0) is 12.5. The van der Waals surface area contributed by atoms with E-state index in [9.17, 15) is 5.11 Å². The predicted octanol–water partition coefficient (Wildman–Crippen LogP) is 0.756. The van der Waals surface area contributed by atoms with Crippen LogP contribution in [-0.2, 0) is 5.41 Å². The minimum atomic E-state index is 0. The summed E-state index contributed by atoms with van der Waals surface area (Å²) in [6.45, 7) is 6.54. The Morgan fingerprint density at radius 1 is 1.00 bits per heavy atom. The third-order valence-electron chi connectivity index (χ3n) is 2.81. The minimum Gasteiger partial charge on any atom is -1.00 e. The van der Waals surface area contributed by atoms with Crippen molar-refractivity contribution >= 4 is 0 Å². The number of hydrogen-bond donors (Lipinski definition) is 1. The fourth-order valence-corrected chi connectivity index (χ4v) is 1.75. The third kappa shape index (κ3) is 3.02. The molecule has 0 spiro atoms. The molecule has 3 heteroatoms. The van der Waals surface area contributed by atoms with Gasteiger partial charge in [0.25, 0.3) is 0 Å². The second kappa shape index (κ2) is 5.40. The average molecular weight is 263 g/mol. The van der Waals surface area contributed by atoms with Gasteiger partial charge in [-0.15, -0.1) is 0 Å². The number of rotatable bonds is 1. The second-order valence-corrected chi connectivity index (χ2v) is 5.20. The number of hydrogen-bond acceptors (Lipinski definition) is 2. The van der Waals surface area contributed by atoms with Gasteiger partial charge in [-0.2, -0.15) is 0 Å². The topological polar surface area (TPSA) is 33.1 Å². The van der Waals surface area contributed by atoms with E-state index in [2.05, 4.69) is 37.9 Å². The summed E-state index contributed by atoms with van der Waals surface area (Å²) in [5.41, 5.74) is 2.99. The smallest absolute Gasteiger partial charge is 0.141 e. The van der Waals surface area contributed by atoms with Gasteiger partial charge in [0.1, 0.15) is 11.4 Å². The van der Waals surface area contributed by atoms with Crippen LogP contribution >= 0.6 is 0 Å². The lowest BCUT2D eigenvalue weighted by Gasteiger charge is -2.19. The van der Waals surface area contributed by atoms with Crippen LogP contribution in [0.25, 0.3) is 11.3 Å². The van der Waals surface area contributed by atoms with Crippen LogP contribution in [0, 0.1) is 0 Å². The molecule has 0 saturated carbocycles. The summed E-state index contributed by atoms with van der Waals surface area (Å²) in [6.07, 6.45) is 1.69. The van der Waals surface area contributed by atoms with Crippen LogP contribution in [0.2, 0.25) is 0 Å². The Hall–Kier alpha value is -1.54. The zero-order valence-electron chi connectivity index (χ0n) is 10.8. The van der Waals surface area contributed by atoms with E-state index in [1.807, 2.05) is 12.1 Å². The Kier molecular flexibility index (Phi) is 4.36. The first-order valence-corrected chi connectivity index (χ1v) is 5.73. The third-order valence-corrected chi connectivity index (χ3v) is 2.81. The van der Waals surface area contributed by atoms with Crippen molar-refractivity contribution in [1.82, 2.24) is 4.98 Å². The van der Waals surface area contributed by atoms with Crippen LogP contribution in [0.1, 0.15) is 26.3 Å². The summed E-state index contributed by atoms with van der Waals surface area (Å²) in [4.78, 5) is 4.19. The highest BCUT2D eigenvalue weighted by molar-refractivity contribution is 5.65. The van der Waals surface area contributed by atoms with Gasteiger partial charge in [-0.25, -0.2) is 0 Å². The molecule has 96 valence electrons. The van der Waals surface area contributed by atoms with E-state index < -0.39 is 0 Å². The number of benzene rings is 1. The molecule has 0 aliphatic heterocycles. The van der Waals surface area contributed by atoms with Crippen molar-refractivity contribution in [3.05, 3.63) is 48.2 Å². The van der Waals surface area contributed by atoms with Crippen LogP contribution < -0.4 is 12.4 Å². The molecule has 0 aliphatic carbocycles. The van der Waals surface area contributed by atoms with Gasteiger partial charge in [0.15, 0.2) is 0 Å². The van der Waals surface area contributed by atoms with Crippen LogP contribution in [0.5, 0.6) is 5.75 Å². The molecule has 0 unspecified atom stereocenters. The Labute approximate surface area is 114 Å². The highest BCUT2D eigenvalue weighted by atomic mass is 35.5. The number of pyridine rings is 1. The van der Waals surface area contributed by atoms with Gasteiger partial charge >= 0.3 is 0 Å². The van der Waals surface area contributed by atoms with E-state index in [0.29, 0.717) is 5.69 Å². The Morgan fingerprint density at radius 3 is 2.11 bits per heavy atom. The first kappa shape index (κ1) is 14.5. The van der Waals surface area contributed by atoms with Crippen LogP contribution in [-0.4, -0.2) is 10.1 Å². The largest absolute Gasteiger partial charge is 1.00 e. The predicted molar refractivity (Wildman–Crippen MR) is 70.0 cm³/mol. The number of nitrogens with zero attached hydrogens (tertiary/aromatic N) is 1. The molecular formula is C15H17ClNO-. The normalized spacial score (nSPS) is 10.8. The molecule has 2 rings (SSSR count). The molecule has 1 heterocycles. The van der Waals surface area contributed by atoms with E-state index in [4.69, 9.17) is 0 Å². The lowest BCUT2D eigenvalue weighted by atomic mass is 9.86. The summed E-state index contributed by atoms with van der Waals surface area (Å²) in [5, 5.41) is 9.73. The molecule has 0 fully saturated rings. The fourth-order valence-electron chi connectivity index (χ4n) is 1.75. The minimum absolute atomic E-state index is 0. The van der Waals surface area contributed by atoms with E-state index in [0.717, 1.165) is 5.56 Å². The van der Waals surface area contributed by atoms with Crippen LogP contribution in [0.15, 0.2) is 42.6 Å². The van der Waals surface area contributed by atoms with Crippen molar-refractivity contribution in [2.45, 2.75) is 26.2 Å². The van der Waals surface area contributed by atoms with Crippen molar-refractivity contribution in [3.8, 4) is 17.0 Å². The van der Waals surface area contributed by atoms with Crippen LogP contribution in [0.3, 0.4) is 0 Å². The molecule has 18 heavy (non-hydrogen) atoms. The first-order chi connectivity index (χ1) is 7.98. The molecular weight excluding hydrogens is 246 g/mol. The molecule has 2 aromatic rings. The molecule has 0 bridgehead atoms. The van der Waals surface area contributed by atoms with Gasteiger partial charge in [-0.05, 0) is 23.1 Å². The van der Waals surface area contributed by atoms with E-state index in [1.165, 1.54) is 5.56 Å². The van der Waals surface area contributed by atoms with Gasteiger partial charge in [-0.3, -0.25) is 4.98 Å². The summed E-state index contributed by atoms with van der Waals surface area (Å²) in [5.74, 6) is 0.219. The van der Waals surface area contributed by atoms with Gasteiger partial charge < -0.3 is 17.5 Å². The molecule has 0 saturated heterocycles. The standard InChI is InChI=1S/C15H17NO.ClH/c1-15(2,3)12-8-6-11(7-9-12)14-13(17)5-4-10-16-14;/h4-10,17H,1-3H3;1H/p-1. The number of aromatic nitrogens is 1. The van der Waals surface area contributed by atoms with E-state index in [1.54, 1.807) is 18.3 Å². The summed E-state index contributed by atoms with van der Waals surface area (Å²) >= 11 is 0. The summed E-state index contributed by atoms with van der Waals surface area (Å²) in [6, 6.07) is 11.6. The van der Waals surface area contributed by atoms with Gasteiger partial charge in [0.05, 0.1) is 0 Å². The summed E-state index contributed by atoms with van der Waals surface area (Å²) < 4.78 is 0. The number of halogens is 1. The number of aromatic hydroxyl groups is 1. The second-order valence-electron chi connectivity index (χ2n) is 5.20. The van der Waals surface area contributed by atoms with E-state index in [-0.39, 0.29) is 23.6 Å². The maximum atomic E-state index is 9.73. The molecule has 0 amide bonds. The van der Waals surface area contributed by atoms with Gasteiger partial charge in [0, 0.05) is 11.8 Å². The van der Waals surface area contributed by atoms with Crippen molar-refractivity contribution < 1.29 is 17.5 Å². The lowest BCUT2D eigenvalue weighted by Crippen LogP contribution is -3.00. The van der Waals surface area contributed by atoms with Crippen molar-refractivity contribution in [3.63, 3.8) is 0 Å². The maximum absolute atomic E-state index is 9.73. The highest BCUT2D eigenvalue weighted by Gasteiger charge is 2.13. The Morgan fingerprint density at radius 2 is 1.61 bits per heavy atom. The average Bonchev–Trinajstić information content (AvgIpc) is 2.29. The maximum Gasteiger partial charge on any atom is 0.141 e. The van der Waals surface area contributed by atoms with E-state index >= 15 is 0 Å². The van der Waals surface area contributed by atoms with Crippen LogP contribution in [0.4, 0.5) is 0 Å². The Bertz CT molecular complexity index is 515. The molecule has 1 N–H and O–H groups in total. The lowest BCUT2D eigenvalue weighted by molar-refractivity contribution is -0.00000493.